The lowest BCUT2D eigenvalue weighted by atomic mass is 9.87. The molecule has 5 nitrogen and oxygen atoms in total. The third-order valence-electron chi connectivity index (χ3n) is 5.12. The van der Waals surface area contributed by atoms with Crippen molar-refractivity contribution in [2.75, 3.05) is 6.54 Å². The summed E-state index contributed by atoms with van der Waals surface area (Å²) in [7, 11) is 0. The van der Waals surface area contributed by atoms with Gasteiger partial charge >= 0.3 is 0 Å². The highest BCUT2D eigenvalue weighted by Crippen LogP contribution is 2.36. The lowest BCUT2D eigenvalue weighted by Gasteiger charge is -2.39. The molecule has 0 fully saturated rings. The number of hydrogen-bond acceptors (Lipinski definition) is 3. The van der Waals surface area contributed by atoms with E-state index in [0.29, 0.717) is 0 Å². The first kappa shape index (κ1) is 17.9. The van der Waals surface area contributed by atoms with Crippen molar-refractivity contribution in [3.05, 3.63) is 106 Å². The summed E-state index contributed by atoms with van der Waals surface area (Å²) >= 11 is 0. The summed E-state index contributed by atoms with van der Waals surface area (Å²) in [5.74, 6) is 0.976. The van der Waals surface area contributed by atoms with E-state index in [0.717, 1.165) is 24.5 Å². The molecule has 1 aliphatic rings. The maximum atomic E-state index is 10.9. The molecule has 140 valence electrons. The van der Waals surface area contributed by atoms with Gasteiger partial charge in [0.1, 0.15) is 5.84 Å². The number of likely N-dealkylation sites (N-methyl/N-ethyl adjacent to an activating group) is 1. The second-order valence-corrected chi connectivity index (χ2v) is 6.78. The molecule has 1 heterocycles. The maximum absolute atomic E-state index is 10.9. The van der Waals surface area contributed by atoms with Gasteiger partial charge in [-0.15, -0.1) is 0 Å². The van der Waals surface area contributed by atoms with Crippen molar-refractivity contribution < 1.29 is 4.92 Å². The zero-order valence-corrected chi connectivity index (χ0v) is 15.7. The predicted octanol–water partition coefficient (Wildman–Crippen LogP) is 5.29. The summed E-state index contributed by atoms with van der Waals surface area (Å²) in [6.07, 6.45) is 0.740. The number of nitro groups is 1. The van der Waals surface area contributed by atoms with Crippen LogP contribution in [0.1, 0.15) is 29.7 Å². The number of non-ortho nitro benzene ring substituents is 1. The predicted molar refractivity (Wildman–Crippen MR) is 111 cm³/mol. The Hall–Kier alpha value is -3.47. The van der Waals surface area contributed by atoms with E-state index in [2.05, 4.69) is 60.4 Å². The van der Waals surface area contributed by atoms with Crippen molar-refractivity contribution in [3.8, 4) is 0 Å². The van der Waals surface area contributed by atoms with Gasteiger partial charge in [0.15, 0.2) is 0 Å². The summed E-state index contributed by atoms with van der Waals surface area (Å²) in [5.41, 5.74) is 4.60. The van der Waals surface area contributed by atoms with E-state index < -0.39 is 4.92 Å². The SMILES string of the molecule is CCN1C(=Nc2ccc([N+](=O)[O-])cc2)Cc2ccccc2C1c1ccccc1. The molecule has 0 saturated carbocycles. The van der Waals surface area contributed by atoms with Gasteiger partial charge in [-0.3, -0.25) is 10.1 Å². The van der Waals surface area contributed by atoms with Crippen LogP contribution in [0.25, 0.3) is 0 Å². The highest BCUT2D eigenvalue weighted by Gasteiger charge is 2.31. The first-order valence-corrected chi connectivity index (χ1v) is 9.38. The van der Waals surface area contributed by atoms with Crippen LogP contribution in [-0.2, 0) is 6.42 Å². The van der Waals surface area contributed by atoms with Crippen LogP contribution >= 0.6 is 0 Å². The summed E-state index contributed by atoms with van der Waals surface area (Å²) in [6.45, 7) is 2.95. The standard InChI is InChI=1S/C23H21N3O2/c1-2-25-22(24-19-12-14-20(15-13-19)26(27)28)16-18-10-6-7-11-21(18)23(25)17-8-4-3-5-9-17/h3-15,23H,2,16H2,1H3. The summed E-state index contributed by atoms with van der Waals surface area (Å²) < 4.78 is 0. The Kier molecular flexibility index (Phi) is 4.89. The molecule has 0 aromatic heterocycles. The van der Waals surface area contributed by atoms with E-state index in [1.165, 1.54) is 28.8 Å². The second kappa shape index (κ2) is 7.64. The van der Waals surface area contributed by atoms with Crippen LogP contribution < -0.4 is 0 Å². The fourth-order valence-corrected chi connectivity index (χ4v) is 3.81. The molecule has 0 amide bonds. The van der Waals surface area contributed by atoms with E-state index in [-0.39, 0.29) is 11.7 Å². The van der Waals surface area contributed by atoms with Gasteiger partial charge in [0.05, 0.1) is 16.7 Å². The molecular formula is C23H21N3O2. The van der Waals surface area contributed by atoms with E-state index in [9.17, 15) is 10.1 Å². The minimum absolute atomic E-state index is 0.0763. The van der Waals surface area contributed by atoms with Crippen molar-refractivity contribution in [1.82, 2.24) is 4.90 Å². The molecule has 0 saturated heterocycles. The Morgan fingerprint density at radius 1 is 1.00 bits per heavy atom. The third kappa shape index (κ3) is 3.39. The fraction of sp³-hybridized carbons (Fsp3) is 0.174. The largest absolute Gasteiger partial charge is 0.349 e. The van der Waals surface area contributed by atoms with Crippen molar-refractivity contribution in [2.24, 2.45) is 4.99 Å². The van der Waals surface area contributed by atoms with Crippen molar-refractivity contribution >= 4 is 17.2 Å². The molecule has 1 aliphatic heterocycles. The summed E-state index contributed by atoms with van der Waals surface area (Å²) in [4.78, 5) is 17.7. The first-order valence-electron chi connectivity index (χ1n) is 9.38. The monoisotopic (exact) mass is 371 g/mol. The second-order valence-electron chi connectivity index (χ2n) is 6.78. The molecule has 1 atom stereocenters. The molecule has 5 heteroatoms. The number of nitro benzene ring substituents is 1. The number of benzene rings is 3. The van der Waals surface area contributed by atoms with E-state index in [1.807, 2.05) is 6.07 Å². The molecule has 28 heavy (non-hydrogen) atoms. The van der Waals surface area contributed by atoms with Crippen molar-refractivity contribution in [1.29, 1.82) is 0 Å². The molecule has 4 rings (SSSR count). The van der Waals surface area contributed by atoms with Gasteiger partial charge in [-0.1, -0.05) is 54.6 Å². The average Bonchev–Trinajstić information content (AvgIpc) is 2.73. The number of aliphatic imine (C=N–C) groups is 1. The molecule has 0 N–H and O–H groups in total. The molecule has 0 bridgehead atoms. The normalized spacial score (nSPS) is 17.4. The van der Waals surface area contributed by atoms with E-state index in [4.69, 9.17) is 4.99 Å². The number of nitrogens with zero attached hydrogens (tertiary/aromatic N) is 3. The quantitative estimate of drug-likeness (QED) is 0.462. The molecule has 0 spiro atoms. The molecule has 0 aliphatic carbocycles. The Labute approximate surface area is 164 Å². The van der Waals surface area contributed by atoms with Gasteiger partial charge in [0.25, 0.3) is 5.69 Å². The summed E-state index contributed by atoms with van der Waals surface area (Å²) in [6, 6.07) is 25.5. The van der Waals surface area contributed by atoms with E-state index in [1.54, 1.807) is 12.1 Å². The lowest BCUT2D eigenvalue weighted by molar-refractivity contribution is -0.384. The van der Waals surface area contributed by atoms with Crippen LogP contribution in [0, 0.1) is 10.1 Å². The van der Waals surface area contributed by atoms with Gasteiger partial charge in [-0.25, -0.2) is 4.99 Å². The van der Waals surface area contributed by atoms with Gasteiger partial charge < -0.3 is 4.90 Å². The average molecular weight is 371 g/mol. The van der Waals surface area contributed by atoms with E-state index >= 15 is 0 Å². The Balaban J connectivity index is 1.79. The van der Waals surface area contributed by atoms with Crippen molar-refractivity contribution in [3.63, 3.8) is 0 Å². The van der Waals surface area contributed by atoms with Crippen LogP contribution in [-0.4, -0.2) is 22.2 Å². The van der Waals surface area contributed by atoms with Gasteiger partial charge in [-0.05, 0) is 35.7 Å². The highest BCUT2D eigenvalue weighted by atomic mass is 16.6. The van der Waals surface area contributed by atoms with Crippen molar-refractivity contribution in [2.45, 2.75) is 19.4 Å². The highest BCUT2D eigenvalue weighted by molar-refractivity contribution is 5.89. The fourth-order valence-electron chi connectivity index (χ4n) is 3.81. The molecule has 3 aromatic carbocycles. The Morgan fingerprint density at radius 2 is 1.68 bits per heavy atom. The van der Waals surface area contributed by atoms with Crippen LogP contribution in [0.2, 0.25) is 0 Å². The molecular weight excluding hydrogens is 350 g/mol. The first-order chi connectivity index (χ1) is 13.7. The summed E-state index contributed by atoms with van der Waals surface area (Å²) in [5, 5.41) is 10.9. The number of amidine groups is 1. The van der Waals surface area contributed by atoms with Crippen LogP contribution in [0.3, 0.4) is 0 Å². The molecule has 0 radical (unpaired) electrons. The van der Waals surface area contributed by atoms with Crippen LogP contribution in [0.15, 0.2) is 83.9 Å². The molecule has 1 unspecified atom stereocenters. The van der Waals surface area contributed by atoms with Gasteiger partial charge in [0.2, 0.25) is 0 Å². The maximum Gasteiger partial charge on any atom is 0.269 e. The zero-order chi connectivity index (χ0) is 19.5. The van der Waals surface area contributed by atoms with Crippen LogP contribution in [0.5, 0.6) is 0 Å². The minimum Gasteiger partial charge on any atom is -0.349 e. The number of rotatable bonds is 4. The van der Waals surface area contributed by atoms with Gasteiger partial charge in [-0.2, -0.15) is 0 Å². The Bertz CT molecular complexity index is 1010. The van der Waals surface area contributed by atoms with Crippen LogP contribution in [0.4, 0.5) is 11.4 Å². The van der Waals surface area contributed by atoms with Gasteiger partial charge in [0, 0.05) is 25.1 Å². The number of hydrogen-bond donors (Lipinski definition) is 0. The smallest absolute Gasteiger partial charge is 0.269 e. The number of fused-ring (bicyclic) bond motifs is 1. The third-order valence-corrected chi connectivity index (χ3v) is 5.12. The minimum atomic E-state index is -0.391. The lowest BCUT2D eigenvalue weighted by Crippen LogP contribution is -2.40. The Morgan fingerprint density at radius 3 is 2.36 bits per heavy atom. The zero-order valence-electron chi connectivity index (χ0n) is 15.7. The topological polar surface area (TPSA) is 58.7 Å². The molecule has 3 aromatic rings.